The molecule has 2 aromatic rings. The summed E-state index contributed by atoms with van der Waals surface area (Å²) < 4.78 is 0. The van der Waals surface area contributed by atoms with Crippen molar-refractivity contribution in [2.75, 3.05) is 31.1 Å². The SMILES string of the molecule is CC(C)(C)c1cc(C[NH+]2CCN(c3ccc(Cl)cc3)CC2)c(O)c(C(C)(C)C)c1. The van der Waals surface area contributed by atoms with E-state index >= 15 is 0 Å². The van der Waals surface area contributed by atoms with E-state index in [9.17, 15) is 5.11 Å². The molecule has 3 rings (SSSR count). The highest BCUT2D eigenvalue weighted by atomic mass is 35.5. The molecule has 1 saturated heterocycles. The van der Waals surface area contributed by atoms with E-state index in [-0.39, 0.29) is 10.8 Å². The number of nitrogens with zero attached hydrogens (tertiary/aromatic N) is 1. The molecule has 1 heterocycles. The summed E-state index contributed by atoms with van der Waals surface area (Å²) in [4.78, 5) is 3.95. The van der Waals surface area contributed by atoms with Crippen molar-refractivity contribution < 1.29 is 10.0 Å². The third-order valence-electron chi connectivity index (χ3n) is 5.97. The summed E-state index contributed by atoms with van der Waals surface area (Å²) in [6, 6.07) is 12.5. The smallest absolute Gasteiger partial charge is 0.128 e. The maximum atomic E-state index is 11.1. The van der Waals surface area contributed by atoms with E-state index in [1.54, 1.807) is 0 Å². The molecule has 29 heavy (non-hydrogen) atoms. The van der Waals surface area contributed by atoms with E-state index in [2.05, 4.69) is 70.7 Å². The first-order valence-electron chi connectivity index (χ1n) is 10.7. The molecule has 158 valence electrons. The van der Waals surface area contributed by atoms with Gasteiger partial charge in [0.2, 0.25) is 0 Å². The van der Waals surface area contributed by atoms with Crippen molar-refractivity contribution in [2.45, 2.75) is 58.9 Å². The van der Waals surface area contributed by atoms with Crippen molar-refractivity contribution in [2.24, 2.45) is 0 Å². The Hall–Kier alpha value is -1.71. The number of piperazine rings is 1. The van der Waals surface area contributed by atoms with Gasteiger partial charge in [-0.3, -0.25) is 0 Å². The molecule has 1 aliphatic rings. The number of quaternary nitrogens is 1. The maximum absolute atomic E-state index is 11.1. The van der Waals surface area contributed by atoms with E-state index < -0.39 is 0 Å². The van der Waals surface area contributed by atoms with Gasteiger partial charge in [0.1, 0.15) is 12.3 Å². The number of phenolic OH excluding ortho intramolecular Hbond substituents is 1. The van der Waals surface area contributed by atoms with Gasteiger partial charge in [-0.2, -0.15) is 0 Å². The predicted molar refractivity (Wildman–Crippen MR) is 124 cm³/mol. The molecule has 0 unspecified atom stereocenters. The molecule has 2 N–H and O–H groups in total. The minimum Gasteiger partial charge on any atom is -0.507 e. The molecule has 1 aliphatic heterocycles. The lowest BCUT2D eigenvalue weighted by molar-refractivity contribution is -0.914. The van der Waals surface area contributed by atoms with Gasteiger partial charge in [0.15, 0.2) is 0 Å². The van der Waals surface area contributed by atoms with Crippen LogP contribution in [0.4, 0.5) is 5.69 Å². The van der Waals surface area contributed by atoms with Crippen LogP contribution in [0, 0.1) is 0 Å². The second-order valence-electron chi connectivity index (χ2n) is 10.4. The van der Waals surface area contributed by atoms with Crippen molar-refractivity contribution in [3.63, 3.8) is 0 Å². The van der Waals surface area contributed by atoms with Crippen molar-refractivity contribution >= 4 is 17.3 Å². The van der Waals surface area contributed by atoms with Crippen molar-refractivity contribution in [1.29, 1.82) is 0 Å². The van der Waals surface area contributed by atoms with Gasteiger partial charge in [0.05, 0.1) is 26.2 Å². The summed E-state index contributed by atoms with van der Waals surface area (Å²) in [6.45, 7) is 18.3. The zero-order chi connectivity index (χ0) is 21.4. The fourth-order valence-corrected chi connectivity index (χ4v) is 4.14. The van der Waals surface area contributed by atoms with Crippen molar-refractivity contribution in [3.8, 4) is 5.75 Å². The normalized spacial score (nSPS) is 16.3. The molecule has 0 amide bonds. The Labute approximate surface area is 181 Å². The number of hydrogen-bond acceptors (Lipinski definition) is 2. The molecule has 4 heteroatoms. The lowest BCUT2D eigenvalue weighted by Crippen LogP contribution is -3.13. The highest BCUT2D eigenvalue weighted by molar-refractivity contribution is 6.30. The molecule has 0 spiro atoms. The van der Waals surface area contributed by atoms with Crippen LogP contribution in [-0.2, 0) is 17.4 Å². The second kappa shape index (κ2) is 8.20. The topological polar surface area (TPSA) is 27.9 Å². The third kappa shape index (κ3) is 5.26. The van der Waals surface area contributed by atoms with Gasteiger partial charge >= 0.3 is 0 Å². The van der Waals surface area contributed by atoms with E-state index in [0.29, 0.717) is 5.75 Å². The number of rotatable bonds is 3. The van der Waals surface area contributed by atoms with Gasteiger partial charge in [0.25, 0.3) is 0 Å². The van der Waals surface area contributed by atoms with E-state index in [1.807, 2.05) is 12.1 Å². The lowest BCUT2D eigenvalue weighted by Gasteiger charge is -2.34. The predicted octanol–water partition coefficient (Wildman–Crippen LogP) is 4.55. The third-order valence-corrected chi connectivity index (χ3v) is 6.22. The van der Waals surface area contributed by atoms with Gasteiger partial charge < -0.3 is 14.9 Å². The van der Waals surface area contributed by atoms with Gasteiger partial charge in [-0.25, -0.2) is 0 Å². The highest BCUT2D eigenvalue weighted by Crippen LogP contribution is 2.37. The minimum absolute atomic E-state index is 0.0606. The van der Waals surface area contributed by atoms with Crippen LogP contribution in [0.15, 0.2) is 36.4 Å². The summed E-state index contributed by atoms with van der Waals surface area (Å²) >= 11 is 6.02. The van der Waals surface area contributed by atoms with Crippen LogP contribution < -0.4 is 9.80 Å². The van der Waals surface area contributed by atoms with Crippen LogP contribution >= 0.6 is 11.6 Å². The van der Waals surface area contributed by atoms with Crippen LogP contribution in [0.3, 0.4) is 0 Å². The first kappa shape index (κ1) is 22.0. The fourth-order valence-electron chi connectivity index (χ4n) is 4.01. The zero-order valence-corrected chi connectivity index (χ0v) is 19.5. The van der Waals surface area contributed by atoms with E-state index in [4.69, 9.17) is 11.6 Å². The molecule has 0 atom stereocenters. The average Bonchev–Trinajstić information content (AvgIpc) is 2.63. The van der Waals surface area contributed by atoms with Crippen LogP contribution in [0.1, 0.15) is 58.2 Å². The number of nitrogens with one attached hydrogen (secondary N) is 1. The summed E-state index contributed by atoms with van der Waals surface area (Å²) in [5.74, 6) is 0.484. The molecule has 0 bridgehead atoms. The number of halogens is 1. The average molecular weight is 416 g/mol. The molecule has 0 saturated carbocycles. The number of phenols is 1. The number of aromatic hydroxyl groups is 1. The number of hydrogen-bond donors (Lipinski definition) is 2. The van der Waals surface area contributed by atoms with E-state index in [1.165, 1.54) is 16.2 Å². The van der Waals surface area contributed by atoms with Gasteiger partial charge in [-0.1, -0.05) is 59.2 Å². The van der Waals surface area contributed by atoms with Crippen LogP contribution in [0.5, 0.6) is 5.75 Å². The number of benzene rings is 2. The Bertz CT molecular complexity index is 839. The standard InChI is InChI=1S/C25H35ClN2O/c1-24(2,3)19-15-18(23(29)22(16-19)25(4,5)6)17-27-11-13-28(14-12-27)21-9-7-20(26)8-10-21/h7-10,15-16,29H,11-14,17H2,1-6H3/p+1. The quantitative estimate of drug-likeness (QED) is 0.769. The second-order valence-corrected chi connectivity index (χ2v) is 10.9. The zero-order valence-electron chi connectivity index (χ0n) is 18.8. The molecular weight excluding hydrogens is 380 g/mol. The summed E-state index contributed by atoms with van der Waals surface area (Å²) in [7, 11) is 0. The molecule has 0 aliphatic carbocycles. The van der Waals surface area contributed by atoms with Gasteiger partial charge in [-0.15, -0.1) is 0 Å². The van der Waals surface area contributed by atoms with Gasteiger partial charge in [0, 0.05) is 21.8 Å². The molecule has 1 fully saturated rings. The number of anilines is 1. The van der Waals surface area contributed by atoms with Crippen molar-refractivity contribution in [1.82, 2.24) is 0 Å². The first-order valence-corrected chi connectivity index (χ1v) is 11.0. The van der Waals surface area contributed by atoms with Crippen LogP contribution in [-0.4, -0.2) is 31.3 Å². The largest absolute Gasteiger partial charge is 0.507 e. The Morgan fingerprint density at radius 3 is 2.03 bits per heavy atom. The molecular formula is C25H36ClN2O+. The highest BCUT2D eigenvalue weighted by Gasteiger charge is 2.27. The Morgan fingerprint density at radius 2 is 1.52 bits per heavy atom. The molecule has 3 nitrogen and oxygen atoms in total. The van der Waals surface area contributed by atoms with Crippen LogP contribution in [0.2, 0.25) is 5.02 Å². The monoisotopic (exact) mass is 415 g/mol. The Morgan fingerprint density at radius 1 is 0.931 bits per heavy atom. The lowest BCUT2D eigenvalue weighted by atomic mass is 9.79. The Kier molecular flexibility index (Phi) is 6.21. The fraction of sp³-hybridized carbons (Fsp3) is 0.520. The summed E-state index contributed by atoms with van der Waals surface area (Å²) in [6.07, 6.45) is 0. The molecule has 0 aromatic heterocycles. The summed E-state index contributed by atoms with van der Waals surface area (Å²) in [5.41, 5.74) is 4.65. The van der Waals surface area contributed by atoms with Gasteiger partial charge in [-0.05, 0) is 46.7 Å². The van der Waals surface area contributed by atoms with E-state index in [0.717, 1.165) is 48.9 Å². The summed E-state index contributed by atoms with van der Waals surface area (Å²) in [5, 5.41) is 11.8. The van der Waals surface area contributed by atoms with Crippen LogP contribution in [0.25, 0.3) is 0 Å². The van der Waals surface area contributed by atoms with Crippen molar-refractivity contribution in [3.05, 3.63) is 58.1 Å². The molecule has 2 aromatic carbocycles. The minimum atomic E-state index is -0.0806. The Balaban J connectivity index is 1.77. The molecule has 0 radical (unpaired) electrons. The maximum Gasteiger partial charge on any atom is 0.128 e. The first-order chi connectivity index (χ1) is 13.4.